The van der Waals surface area contributed by atoms with Crippen LogP contribution < -0.4 is 10.2 Å². The van der Waals surface area contributed by atoms with Crippen LogP contribution in [0.25, 0.3) is 0 Å². The van der Waals surface area contributed by atoms with Gasteiger partial charge < -0.3 is 10.2 Å². The van der Waals surface area contributed by atoms with E-state index in [-0.39, 0.29) is 18.5 Å². The molecule has 1 heterocycles. The lowest BCUT2D eigenvalue weighted by atomic mass is 9.87. The Morgan fingerprint density at radius 2 is 1.61 bits per heavy atom. The van der Waals surface area contributed by atoms with Crippen molar-refractivity contribution in [1.82, 2.24) is 10.2 Å². The fourth-order valence-electron chi connectivity index (χ4n) is 3.66. The fraction of sp³-hybridized carbons (Fsp3) is 0.318. The highest BCUT2D eigenvalue weighted by molar-refractivity contribution is 6.10. The van der Waals surface area contributed by atoms with Crippen molar-refractivity contribution < 1.29 is 14.4 Å². The number of carbonyl (C=O) groups is 3. The van der Waals surface area contributed by atoms with E-state index in [2.05, 4.69) is 5.32 Å². The number of nitrogens with zero attached hydrogens (tertiary/aromatic N) is 2. The summed E-state index contributed by atoms with van der Waals surface area (Å²) in [6.07, 6.45) is 0.402. The summed E-state index contributed by atoms with van der Waals surface area (Å²) in [4.78, 5) is 41.5. The molecule has 0 unspecified atom stereocenters. The highest BCUT2D eigenvalue weighted by Gasteiger charge is 2.51. The largest absolute Gasteiger partial charge is 0.325 e. The number of carbonyl (C=O) groups excluding carboxylic acids is 3. The number of nitrogens with one attached hydrogen (secondary N) is 1. The number of benzene rings is 2. The molecule has 2 aromatic rings. The number of hydrogen-bond donors (Lipinski definition) is 1. The minimum Gasteiger partial charge on any atom is -0.319 e. The number of amides is 4. The molecule has 1 aliphatic rings. The van der Waals surface area contributed by atoms with Crippen LogP contribution in [0.3, 0.4) is 0 Å². The number of imide groups is 1. The molecular formula is C22H25N3O3. The Labute approximate surface area is 165 Å². The molecule has 1 aliphatic heterocycles. The lowest BCUT2D eigenvalue weighted by molar-refractivity contribution is -0.134. The molecule has 4 amide bonds. The van der Waals surface area contributed by atoms with Crippen LogP contribution in [-0.4, -0.2) is 35.3 Å². The summed E-state index contributed by atoms with van der Waals surface area (Å²) in [6, 6.07) is 17.7. The zero-order valence-electron chi connectivity index (χ0n) is 16.4. The van der Waals surface area contributed by atoms with Crippen LogP contribution >= 0.6 is 0 Å². The average Bonchev–Trinajstić information content (AvgIpc) is 2.94. The Morgan fingerprint density at radius 1 is 1.04 bits per heavy atom. The summed E-state index contributed by atoms with van der Waals surface area (Å²) in [5, 5.41) is 2.81. The molecule has 1 fully saturated rings. The van der Waals surface area contributed by atoms with Crippen molar-refractivity contribution in [2.24, 2.45) is 0 Å². The molecule has 0 aliphatic carbocycles. The van der Waals surface area contributed by atoms with Crippen LogP contribution in [0.15, 0.2) is 60.7 Å². The lowest BCUT2D eigenvalue weighted by Crippen LogP contribution is -2.47. The normalized spacial score (nSPS) is 19.1. The molecule has 28 heavy (non-hydrogen) atoms. The van der Waals surface area contributed by atoms with E-state index < -0.39 is 17.5 Å². The summed E-state index contributed by atoms with van der Waals surface area (Å²) in [5.74, 6) is -0.694. The first-order valence-corrected chi connectivity index (χ1v) is 9.47. The van der Waals surface area contributed by atoms with E-state index in [9.17, 15) is 14.4 Å². The van der Waals surface area contributed by atoms with E-state index >= 15 is 0 Å². The molecular weight excluding hydrogens is 354 g/mol. The number of rotatable bonds is 6. The summed E-state index contributed by atoms with van der Waals surface area (Å²) < 4.78 is 0. The Balaban J connectivity index is 1.87. The van der Waals surface area contributed by atoms with Gasteiger partial charge in [-0.25, -0.2) is 4.79 Å². The van der Waals surface area contributed by atoms with Gasteiger partial charge in [-0.3, -0.25) is 14.5 Å². The average molecular weight is 379 g/mol. The van der Waals surface area contributed by atoms with Crippen LogP contribution in [0.4, 0.5) is 10.5 Å². The molecule has 0 radical (unpaired) electrons. The zero-order chi connectivity index (χ0) is 20.3. The van der Waals surface area contributed by atoms with Gasteiger partial charge in [0.25, 0.3) is 5.91 Å². The van der Waals surface area contributed by atoms with Crippen LogP contribution in [0.1, 0.15) is 32.8 Å². The van der Waals surface area contributed by atoms with Gasteiger partial charge in [0.15, 0.2) is 0 Å². The van der Waals surface area contributed by atoms with E-state index in [0.717, 1.165) is 16.2 Å². The predicted octanol–water partition coefficient (Wildman–Crippen LogP) is 3.29. The predicted molar refractivity (Wildman–Crippen MR) is 108 cm³/mol. The Kier molecular flexibility index (Phi) is 5.49. The van der Waals surface area contributed by atoms with Crippen molar-refractivity contribution in [3.05, 3.63) is 66.2 Å². The first-order valence-electron chi connectivity index (χ1n) is 9.47. The summed E-state index contributed by atoms with van der Waals surface area (Å²) >= 11 is 0. The van der Waals surface area contributed by atoms with Gasteiger partial charge in [-0.1, -0.05) is 55.5 Å². The molecule has 0 saturated carbocycles. The molecule has 0 spiro atoms. The molecule has 1 atom stereocenters. The Hall–Kier alpha value is -3.15. The summed E-state index contributed by atoms with van der Waals surface area (Å²) in [5.41, 5.74) is 0.322. The smallest absolute Gasteiger partial charge is 0.319 e. The fourth-order valence-corrected chi connectivity index (χ4v) is 3.66. The topological polar surface area (TPSA) is 69.7 Å². The van der Waals surface area contributed by atoms with E-state index in [0.29, 0.717) is 6.42 Å². The molecule has 3 rings (SSSR count). The van der Waals surface area contributed by atoms with Crippen LogP contribution in [0, 0.1) is 0 Å². The van der Waals surface area contributed by atoms with Gasteiger partial charge in [0, 0.05) is 11.7 Å². The van der Waals surface area contributed by atoms with Gasteiger partial charge in [-0.15, -0.1) is 0 Å². The Bertz CT molecular complexity index is 867. The van der Waals surface area contributed by atoms with Crippen molar-refractivity contribution in [3.63, 3.8) is 0 Å². The number of urea groups is 1. The quantitative estimate of drug-likeness (QED) is 0.783. The number of hydrogen-bond acceptors (Lipinski definition) is 3. The van der Waals surface area contributed by atoms with Gasteiger partial charge in [-0.05, 0) is 38.0 Å². The maximum atomic E-state index is 13.2. The van der Waals surface area contributed by atoms with Crippen molar-refractivity contribution in [2.75, 3.05) is 11.4 Å². The van der Waals surface area contributed by atoms with Gasteiger partial charge in [-0.2, -0.15) is 0 Å². The van der Waals surface area contributed by atoms with Gasteiger partial charge in [0.1, 0.15) is 12.1 Å². The molecule has 6 heteroatoms. The highest BCUT2D eigenvalue weighted by Crippen LogP contribution is 2.32. The van der Waals surface area contributed by atoms with E-state index in [1.54, 1.807) is 4.90 Å². The monoisotopic (exact) mass is 379 g/mol. The molecule has 0 bridgehead atoms. The van der Waals surface area contributed by atoms with Gasteiger partial charge in [0.05, 0.1) is 0 Å². The maximum Gasteiger partial charge on any atom is 0.325 e. The van der Waals surface area contributed by atoms with Crippen LogP contribution in [0.2, 0.25) is 0 Å². The lowest BCUT2D eigenvalue weighted by Gasteiger charge is -2.29. The second kappa shape index (κ2) is 7.84. The van der Waals surface area contributed by atoms with Crippen molar-refractivity contribution in [3.8, 4) is 0 Å². The van der Waals surface area contributed by atoms with Gasteiger partial charge >= 0.3 is 6.03 Å². The van der Waals surface area contributed by atoms with Gasteiger partial charge in [0.2, 0.25) is 5.91 Å². The summed E-state index contributed by atoms with van der Waals surface area (Å²) in [7, 11) is 0. The van der Waals surface area contributed by atoms with E-state index in [1.807, 2.05) is 81.4 Å². The first-order chi connectivity index (χ1) is 13.4. The second-order valence-corrected chi connectivity index (χ2v) is 7.14. The minimum absolute atomic E-state index is 0.110. The molecule has 0 aromatic heterocycles. The third-order valence-electron chi connectivity index (χ3n) is 5.09. The van der Waals surface area contributed by atoms with Crippen molar-refractivity contribution in [2.45, 2.75) is 38.8 Å². The van der Waals surface area contributed by atoms with Crippen molar-refractivity contribution in [1.29, 1.82) is 0 Å². The minimum atomic E-state index is -1.13. The van der Waals surface area contributed by atoms with Crippen LogP contribution in [0.5, 0.6) is 0 Å². The maximum absolute atomic E-state index is 13.2. The molecule has 2 aromatic carbocycles. The Morgan fingerprint density at radius 3 is 2.14 bits per heavy atom. The highest BCUT2D eigenvalue weighted by atomic mass is 16.2. The zero-order valence-corrected chi connectivity index (χ0v) is 16.4. The van der Waals surface area contributed by atoms with E-state index in [4.69, 9.17) is 0 Å². The third-order valence-corrected chi connectivity index (χ3v) is 5.09. The second-order valence-electron chi connectivity index (χ2n) is 7.14. The SMILES string of the molecule is CC[C@]1(c2ccccc2)NC(=O)N(CC(=O)N(c2ccccc2)C(C)C)C1=O. The molecule has 6 nitrogen and oxygen atoms in total. The van der Waals surface area contributed by atoms with Crippen molar-refractivity contribution >= 4 is 23.5 Å². The molecule has 146 valence electrons. The third kappa shape index (κ3) is 3.38. The standard InChI is InChI=1S/C22H25N3O3/c1-4-22(17-11-7-5-8-12-17)20(27)24(21(28)23-22)15-19(26)25(16(2)3)18-13-9-6-10-14-18/h5-14,16H,4,15H2,1-3H3,(H,23,28)/t22-/m1/s1. The van der Waals surface area contributed by atoms with Crippen LogP contribution in [-0.2, 0) is 15.1 Å². The number of anilines is 1. The van der Waals surface area contributed by atoms with E-state index in [1.165, 1.54) is 0 Å². The first kappa shape index (κ1) is 19.6. The molecule has 1 N–H and O–H groups in total. The molecule has 1 saturated heterocycles. The summed E-state index contributed by atoms with van der Waals surface area (Å²) in [6.45, 7) is 5.35. The number of para-hydroxylation sites is 1.